The Morgan fingerprint density at radius 2 is 1.96 bits per heavy atom. The number of rotatable bonds is 4. The number of aromatic amines is 1. The van der Waals surface area contributed by atoms with Gasteiger partial charge in [0.1, 0.15) is 5.56 Å². The molecule has 27 heavy (non-hydrogen) atoms. The lowest BCUT2D eigenvalue weighted by Gasteiger charge is -2.31. The minimum Gasteiger partial charge on any atom is -0.476 e. The first-order valence-electron chi connectivity index (χ1n) is 9.28. The minimum atomic E-state index is -0.342. The van der Waals surface area contributed by atoms with Crippen molar-refractivity contribution in [2.24, 2.45) is 5.92 Å². The fraction of sp³-hybridized carbons (Fsp3) is 0.500. The van der Waals surface area contributed by atoms with E-state index in [1.54, 1.807) is 17.0 Å². The smallest absolute Gasteiger partial charge is 0.260 e. The molecule has 0 saturated carbocycles. The van der Waals surface area contributed by atoms with Crippen LogP contribution < -0.4 is 10.3 Å². The fourth-order valence-electron chi connectivity index (χ4n) is 3.06. The van der Waals surface area contributed by atoms with E-state index >= 15 is 0 Å². The number of nitrogens with one attached hydrogen (secondary N) is 1. The Morgan fingerprint density at radius 1 is 1.22 bits per heavy atom. The van der Waals surface area contributed by atoms with E-state index in [2.05, 4.69) is 36.0 Å². The predicted molar refractivity (Wildman–Crippen MR) is 102 cm³/mol. The quantitative estimate of drug-likeness (QED) is 0.893. The van der Waals surface area contributed by atoms with Gasteiger partial charge in [0.15, 0.2) is 0 Å². The maximum atomic E-state index is 12.5. The van der Waals surface area contributed by atoms with E-state index in [4.69, 9.17) is 4.74 Å². The average molecular weight is 370 g/mol. The number of nitrogens with zero attached hydrogens (tertiary/aromatic N) is 3. The van der Waals surface area contributed by atoms with E-state index in [9.17, 15) is 9.59 Å². The summed E-state index contributed by atoms with van der Waals surface area (Å²) in [6.45, 7) is 8.07. The van der Waals surface area contributed by atoms with Crippen molar-refractivity contribution in [3.8, 4) is 5.88 Å². The Kier molecular flexibility index (Phi) is 5.58. The van der Waals surface area contributed by atoms with Gasteiger partial charge < -0.3 is 14.6 Å². The van der Waals surface area contributed by atoms with Crippen molar-refractivity contribution in [2.45, 2.75) is 39.0 Å². The molecule has 1 aliphatic rings. The molecule has 2 aromatic rings. The Hall–Kier alpha value is -2.70. The summed E-state index contributed by atoms with van der Waals surface area (Å²) in [5.74, 6) is 0.671. The van der Waals surface area contributed by atoms with Crippen LogP contribution >= 0.6 is 0 Å². The Morgan fingerprint density at radius 3 is 2.56 bits per heavy atom. The molecule has 3 heterocycles. The number of likely N-dealkylation sites (tertiary alicyclic amines) is 1. The van der Waals surface area contributed by atoms with E-state index in [0.717, 1.165) is 18.5 Å². The van der Waals surface area contributed by atoms with Gasteiger partial charge in [0.05, 0.1) is 12.3 Å². The molecule has 1 fully saturated rings. The molecule has 2 aromatic heterocycles. The van der Waals surface area contributed by atoms with Crippen molar-refractivity contribution in [1.29, 1.82) is 0 Å². The standard InChI is InChI=1S/C20H26N4O3/c1-20(2,3)16-6-7-17(23-22-16)27-13-14-8-11-24(12-9-14)19(26)15-5-4-10-21-18(15)25/h4-7,10,14H,8-9,11-13H2,1-3H3,(H,21,25). The molecular formula is C20H26N4O3. The number of ether oxygens (including phenoxy) is 1. The lowest BCUT2D eigenvalue weighted by atomic mass is 9.92. The summed E-state index contributed by atoms with van der Waals surface area (Å²) in [6.07, 6.45) is 3.20. The predicted octanol–water partition coefficient (Wildman–Crippen LogP) is 2.39. The average Bonchev–Trinajstić information content (AvgIpc) is 2.66. The summed E-state index contributed by atoms with van der Waals surface area (Å²) in [5, 5.41) is 8.38. The number of piperidine rings is 1. The van der Waals surface area contributed by atoms with Gasteiger partial charge in [-0.15, -0.1) is 5.10 Å². The fourth-order valence-corrected chi connectivity index (χ4v) is 3.06. The summed E-state index contributed by atoms with van der Waals surface area (Å²) < 4.78 is 5.78. The Bertz CT molecular complexity index is 831. The molecule has 0 bridgehead atoms. The van der Waals surface area contributed by atoms with Crippen LogP contribution in [0.3, 0.4) is 0 Å². The van der Waals surface area contributed by atoms with Crippen molar-refractivity contribution >= 4 is 5.91 Å². The Balaban J connectivity index is 1.49. The summed E-state index contributed by atoms with van der Waals surface area (Å²) in [5.41, 5.74) is 0.745. The molecule has 1 N–H and O–H groups in total. The molecule has 7 heteroatoms. The number of H-pyrrole nitrogens is 1. The number of aromatic nitrogens is 3. The highest BCUT2D eigenvalue weighted by Gasteiger charge is 2.25. The van der Waals surface area contributed by atoms with Crippen LogP contribution in [0.25, 0.3) is 0 Å². The number of pyridine rings is 1. The van der Waals surface area contributed by atoms with E-state index < -0.39 is 0 Å². The van der Waals surface area contributed by atoms with Crippen LogP contribution in [0.1, 0.15) is 49.7 Å². The molecule has 0 unspecified atom stereocenters. The molecule has 1 aliphatic heterocycles. The Labute approximate surface area is 158 Å². The number of carbonyl (C=O) groups excluding carboxylic acids is 1. The lowest BCUT2D eigenvalue weighted by Crippen LogP contribution is -2.41. The number of hydrogen-bond acceptors (Lipinski definition) is 5. The van der Waals surface area contributed by atoms with E-state index in [0.29, 0.717) is 31.5 Å². The highest BCUT2D eigenvalue weighted by molar-refractivity contribution is 5.93. The minimum absolute atomic E-state index is 0.0363. The second kappa shape index (κ2) is 7.90. The van der Waals surface area contributed by atoms with Gasteiger partial charge in [-0.3, -0.25) is 9.59 Å². The summed E-state index contributed by atoms with van der Waals surface area (Å²) in [7, 11) is 0. The zero-order valence-electron chi connectivity index (χ0n) is 16.1. The van der Waals surface area contributed by atoms with Gasteiger partial charge >= 0.3 is 0 Å². The first-order chi connectivity index (χ1) is 12.8. The topological polar surface area (TPSA) is 88.2 Å². The number of amides is 1. The summed E-state index contributed by atoms with van der Waals surface area (Å²) >= 11 is 0. The van der Waals surface area contributed by atoms with Gasteiger partial charge in [0.2, 0.25) is 5.88 Å². The molecule has 3 rings (SSSR count). The SMILES string of the molecule is CC(C)(C)c1ccc(OCC2CCN(C(=O)c3ccc[nH]c3=O)CC2)nn1. The zero-order valence-corrected chi connectivity index (χ0v) is 16.1. The van der Waals surface area contributed by atoms with Gasteiger partial charge in [-0.05, 0) is 37.0 Å². The van der Waals surface area contributed by atoms with E-state index in [-0.39, 0.29) is 22.4 Å². The third-order valence-electron chi connectivity index (χ3n) is 4.83. The van der Waals surface area contributed by atoms with Crippen LogP contribution in [-0.4, -0.2) is 45.7 Å². The zero-order chi connectivity index (χ0) is 19.4. The molecule has 1 amide bonds. The van der Waals surface area contributed by atoms with E-state index in [1.165, 1.54) is 6.20 Å². The third kappa shape index (κ3) is 4.72. The van der Waals surface area contributed by atoms with Crippen molar-refractivity contribution < 1.29 is 9.53 Å². The molecule has 144 valence electrons. The first-order valence-corrected chi connectivity index (χ1v) is 9.28. The molecule has 0 aliphatic carbocycles. The number of carbonyl (C=O) groups is 1. The monoisotopic (exact) mass is 370 g/mol. The van der Waals surface area contributed by atoms with Crippen LogP contribution in [0.2, 0.25) is 0 Å². The van der Waals surface area contributed by atoms with Crippen LogP contribution in [0.5, 0.6) is 5.88 Å². The van der Waals surface area contributed by atoms with Crippen LogP contribution in [0, 0.1) is 5.92 Å². The highest BCUT2D eigenvalue weighted by atomic mass is 16.5. The van der Waals surface area contributed by atoms with Crippen molar-refractivity contribution in [3.63, 3.8) is 0 Å². The molecule has 0 radical (unpaired) electrons. The maximum Gasteiger partial charge on any atom is 0.260 e. The molecule has 0 aromatic carbocycles. The van der Waals surface area contributed by atoms with Crippen LogP contribution in [0.4, 0.5) is 0 Å². The summed E-state index contributed by atoms with van der Waals surface area (Å²) in [6, 6.07) is 7.03. The van der Waals surface area contributed by atoms with Gasteiger partial charge in [-0.2, -0.15) is 5.10 Å². The molecule has 0 spiro atoms. The van der Waals surface area contributed by atoms with Crippen LogP contribution in [0.15, 0.2) is 35.3 Å². The third-order valence-corrected chi connectivity index (χ3v) is 4.83. The van der Waals surface area contributed by atoms with Gasteiger partial charge in [0.25, 0.3) is 11.5 Å². The largest absolute Gasteiger partial charge is 0.476 e. The van der Waals surface area contributed by atoms with Gasteiger partial charge in [-0.25, -0.2) is 0 Å². The molecule has 0 atom stereocenters. The second-order valence-electron chi connectivity index (χ2n) is 7.97. The van der Waals surface area contributed by atoms with Gasteiger partial charge in [0, 0.05) is 30.8 Å². The highest BCUT2D eigenvalue weighted by Crippen LogP contribution is 2.22. The maximum absolute atomic E-state index is 12.5. The normalized spacial score (nSPS) is 15.6. The second-order valence-corrected chi connectivity index (χ2v) is 7.97. The van der Waals surface area contributed by atoms with E-state index in [1.807, 2.05) is 12.1 Å². The van der Waals surface area contributed by atoms with Crippen molar-refractivity contribution in [3.05, 3.63) is 52.1 Å². The molecule has 1 saturated heterocycles. The molecule has 7 nitrogen and oxygen atoms in total. The molecular weight excluding hydrogens is 344 g/mol. The lowest BCUT2D eigenvalue weighted by molar-refractivity contribution is 0.0657. The van der Waals surface area contributed by atoms with Crippen LogP contribution in [-0.2, 0) is 5.41 Å². The van der Waals surface area contributed by atoms with Crippen molar-refractivity contribution in [1.82, 2.24) is 20.1 Å². The summed E-state index contributed by atoms with van der Waals surface area (Å²) in [4.78, 5) is 28.5. The first kappa shape index (κ1) is 19.1. The van der Waals surface area contributed by atoms with Gasteiger partial charge in [-0.1, -0.05) is 20.8 Å². The number of hydrogen-bond donors (Lipinski definition) is 1. The van der Waals surface area contributed by atoms with Crippen molar-refractivity contribution in [2.75, 3.05) is 19.7 Å².